The molecule has 1 amide bonds. The Morgan fingerprint density at radius 2 is 1.67 bits per heavy atom. The average Bonchev–Trinajstić information content (AvgIpc) is 2.88. The maximum atomic E-state index is 12.3. The predicted molar refractivity (Wildman–Crippen MR) is 133 cm³/mol. The second-order valence-corrected chi connectivity index (χ2v) is 8.67. The molecule has 1 fully saturated rings. The van der Waals surface area contributed by atoms with Crippen LogP contribution < -0.4 is 19.9 Å². The van der Waals surface area contributed by atoms with Crippen molar-refractivity contribution in [3.8, 4) is 5.75 Å². The van der Waals surface area contributed by atoms with Crippen LogP contribution in [0.25, 0.3) is 0 Å². The van der Waals surface area contributed by atoms with E-state index in [0.717, 1.165) is 54.9 Å². The van der Waals surface area contributed by atoms with Crippen molar-refractivity contribution in [2.75, 3.05) is 55.4 Å². The van der Waals surface area contributed by atoms with Gasteiger partial charge in [-0.3, -0.25) is 4.79 Å². The number of nitrogens with zero attached hydrogens (tertiary/aromatic N) is 4. The fourth-order valence-corrected chi connectivity index (χ4v) is 4.68. The lowest BCUT2D eigenvalue weighted by Gasteiger charge is -2.37. The minimum Gasteiger partial charge on any atom is -0.495 e. The van der Waals surface area contributed by atoms with Gasteiger partial charge in [-0.1, -0.05) is 54.2 Å². The van der Waals surface area contributed by atoms with Gasteiger partial charge < -0.3 is 19.9 Å². The van der Waals surface area contributed by atoms with Gasteiger partial charge in [0, 0.05) is 45.1 Å². The smallest absolute Gasteiger partial charge is 0.230 e. The first-order valence-electron chi connectivity index (χ1n) is 11.1. The van der Waals surface area contributed by atoms with E-state index in [1.54, 1.807) is 19.5 Å². The Morgan fingerprint density at radius 1 is 0.970 bits per heavy atom. The van der Waals surface area contributed by atoms with E-state index in [1.807, 2.05) is 36.4 Å². The van der Waals surface area contributed by atoms with E-state index in [1.165, 1.54) is 17.3 Å². The summed E-state index contributed by atoms with van der Waals surface area (Å²) in [6.45, 7) is 4.00. The Morgan fingerprint density at radius 3 is 2.45 bits per heavy atom. The molecular weight excluding hydrogens is 434 g/mol. The highest BCUT2D eigenvalue weighted by Gasteiger charge is 2.23. The summed E-state index contributed by atoms with van der Waals surface area (Å²) < 4.78 is 5.52. The van der Waals surface area contributed by atoms with Crippen molar-refractivity contribution in [1.29, 1.82) is 0 Å². The first kappa shape index (κ1) is 22.9. The van der Waals surface area contributed by atoms with Crippen molar-refractivity contribution in [1.82, 2.24) is 15.3 Å². The number of carbonyl (C=O) groups excluding carboxylic acids is 1. The van der Waals surface area contributed by atoms with E-state index in [0.29, 0.717) is 12.3 Å². The van der Waals surface area contributed by atoms with Gasteiger partial charge in [-0.2, -0.15) is 0 Å². The largest absolute Gasteiger partial charge is 0.495 e. The number of aromatic nitrogens is 2. The molecule has 1 saturated heterocycles. The summed E-state index contributed by atoms with van der Waals surface area (Å²) >= 11 is 1.44. The molecule has 1 aliphatic heterocycles. The molecule has 1 aromatic heterocycles. The molecule has 0 bridgehead atoms. The van der Waals surface area contributed by atoms with Gasteiger partial charge in [0.05, 0.1) is 18.6 Å². The molecule has 0 radical (unpaired) electrons. The fourth-order valence-electron chi connectivity index (χ4n) is 3.86. The first-order valence-corrected chi connectivity index (χ1v) is 12.1. The molecule has 0 spiro atoms. The number of nitrogens with one attached hydrogen (secondary N) is 1. The second-order valence-electron chi connectivity index (χ2n) is 7.71. The van der Waals surface area contributed by atoms with Crippen molar-refractivity contribution < 1.29 is 9.53 Å². The van der Waals surface area contributed by atoms with Crippen LogP contribution in [0.5, 0.6) is 5.75 Å². The van der Waals surface area contributed by atoms with E-state index in [4.69, 9.17) is 4.74 Å². The van der Waals surface area contributed by atoms with Crippen molar-refractivity contribution in [2.45, 2.75) is 11.4 Å². The van der Waals surface area contributed by atoms with Crippen LogP contribution in [0.2, 0.25) is 0 Å². The Balaban J connectivity index is 1.29. The van der Waals surface area contributed by atoms with Crippen molar-refractivity contribution >= 4 is 29.2 Å². The number of hydrogen-bond acceptors (Lipinski definition) is 7. The molecule has 2 heterocycles. The molecule has 3 aromatic rings. The summed E-state index contributed by atoms with van der Waals surface area (Å²) in [5, 5.41) is 3.79. The Kier molecular flexibility index (Phi) is 8.03. The number of piperazine rings is 1. The van der Waals surface area contributed by atoms with E-state index in [2.05, 4.69) is 43.3 Å². The van der Waals surface area contributed by atoms with E-state index in [-0.39, 0.29) is 5.91 Å². The normalized spacial score (nSPS) is 13.6. The summed E-state index contributed by atoms with van der Waals surface area (Å²) in [7, 11) is 1.70. The molecule has 0 unspecified atom stereocenters. The number of methoxy groups -OCH3 is 1. The SMILES string of the molecule is COc1ccccc1N1CCN(c2nccnc2SCC(=O)NCCc2ccccc2)CC1. The van der Waals surface area contributed by atoms with Gasteiger partial charge in [0.2, 0.25) is 5.91 Å². The number of benzene rings is 2. The zero-order valence-corrected chi connectivity index (χ0v) is 19.6. The summed E-state index contributed by atoms with van der Waals surface area (Å²) in [4.78, 5) is 26.0. The number of rotatable bonds is 9. The lowest BCUT2D eigenvalue weighted by atomic mass is 10.1. The molecule has 0 aliphatic carbocycles. The van der Waals surface area contributed by atoms with E-state index in [9.17, 15) is 4.79 Å². The van der Waals surface area contributed by atoms with Gasteiger partial charge in [0.15, 0.2) is 5.82 Å². The summed E-state index contributed by atoms with van der Waals surface area (Å²) in [5.41, 5.74) is 2.33. The van der Waals surface area contributed by atoms with E-state index >= 15 is 0 Å². The standard InChI is InChI=1S/C25H29N5O2S/c1-32-22-10-6-5-9-21(22)29-15-17-30(18-16-29)24-25(28-14-13-27-24)33-19-23(31)26-12-11-20-7-3-2-4-8-20/h2-10,13-14H,11-12,15-19H2,1H3,(H,26,31). The van der Waals surface area contributed by atoms with Gasteiger partial charge in [-0.25, -0.2) is 9.97 Å². The lowest BCUT2D eigenvalue weighted by molar-refractivity contribution is -0.118. The maximum absolute atomic E-state index is 12.3. The van der Waals surface area contributed by atoms with Crippen LogP contribution in [0.3, 0.4) is 0 Å². The third-order valence-electron chi connectivity index (χ3n) is 5.57. The fraction of sp³-hybridized carbons (Fsp3) is 0.320. The molecule has 1 N–H and O–H groups in total. The van der Waals surface area contributed by atoms with Crippen LogP contribution >= 0.6 is 11.8 Å². The first-order chi connectivity index (χ1) is 16.2. The molecular formula is C25H29N5O2S. The van der Waals surface area contributed by atoms with Gasteiger partial charge in [-0.05, 0) is 24.1 Å². The van der Waals surface area contributed by atoms with Crippen LogP contribution in [0.1, 0.15) is 5.56 Å². The van der Waals surface area contributed by atoms with Crippen LogP contribution in [-0.2, 0) is 11.2 Å². The molecule has 1 aliphatic rings. The summed E-state index contributed by atoms with van der Waals surface area (Å²) in [6, 6.07) is 18.3. The molecule has 0 saturated carbocycles. The van der Waals surface area contributed by atoms with Gasteiger partial charge in [-0.15, -0.1) is 0 Å². The van der Waals surface area contributed by atoms with Crippen molar-refractivity contribution in [3.63, 3.8) is 0 Å². The third-order valence-corrected chi connectivity index (χ3v) is 6.54. The molecule has 33 heavy (non-hydrogen) atoms. The number of hydrogen-bond donors (Lipinski definition) is 1. The number of amides is 1. The Bertz CT molecular complexity index is 1040. The molecule has 172 valence electrons. The van der Waals surface area contributed by atoms with Gasteiger partial charge in [0.25, 0.3) is 0 Å². The second kappa shape index (κ2) is 11.6. The highest BCUT2D eigenvalue weighted by molar-refractivity contribution is 8.00. The summed E-state index contributed by atoms with van der Waals surface area (Å²) in [5.74, 6) is 2.06. The molecule has 7 nitrogen and oxygen atoms in total. The van der Waals surface area contributed by atoms with Crippen LogP contribution in [0.15, 0.2) is 72.0 Å². The quantitative estimate of drug-likeness (QED) is 0.489. The monoisotopic (exact) mass is 463 g/mol. The molecule has 4 rings (SSSR count). The van der Waals surface area contributed by atoms with Crippen LogP contribution in [0, 0.1) is 0 Å². The molecule has 2 aromatic carbocycles. The molecule has 0 atom stereocenters. The number of para-hydroxylation sites is 2. The van der Waals surface area contributed by atoms with Gasteiger partial charge >= 0.3 is 0 Å². The van der Waals surface area contributed by atoms with E-state index < -0.39 is 0 Å². The maximum Gasteiger partial charge on any atom is 0.230 e. The minimum atomic E-state index is 0.00789. The number of carbonyl (C=O) groups is 1. The third kappa shape index (κ3) is 6.16. The highest BCUT2D eigenvalue weighted by Crippen LogP contribution is 2.31. The Hall–Kier alpha value is -3.26. The zero-order chi connectivity index (χ0) is 22.9. The number of ether oxygens (including phenoxy) is 1. The summed E-state index contributed by atoms with van der Waals surface area (Å²) in [6.07, 6.45) is 4.22. The number of thioether (sulfide) groups is 1. The Labute approximate surface area is 199 Å². The zero-order valence-electron chi connectivity index (χ0n) is 18.8. The van der Waals surface area contributed by atoms with Crippen molar-refractivity contribution in [3.05, 3.63) is 72.6 Å². The number of anilines is 2. The topological polar surface area (TPSA) is 70.6 Å². The average molecular weight is 464 g/mol. The highest BCUT2D eigenvalue weighted by atomic mass is 32.2. The lowest BCUT2D eigenvalue weighted by Crippen LogP contribution is -2.47. The molecule has 8 heteroatoms. The van der Waals surface area contributed by atoms with Gasteiger partial charge in [0.1, 0.15) is 10.8 Å². The predicted octanol–water partition coefficient (Wildman–Crippen LogP) is 3.26. The van der Waals surface area contributed by atoms with Crippen LogP contribution in [-0.4, -0.2) is 61.5 Å². The van der Waals surface area contributed by atoms with Crippen molar-refractivity contribution in [2.24, 2.45) is 0 Å². The van der Waals surface area contributed by atoms with Crippen LogP contribution in [0.4, 0.5) is 11.5 Å². The minimum absolute atomic E-state index is 0.00789.